The van der Waals surface area contributed by atoms with Crippen LogP contribution in [0.2, 0.25) is 0 Å². The fraction of sp³-hybridized carbons (Fsp3) is 0. The molecule has 0 radical (unpaired) electrons. The van der Waals surface area contributed by atoms with Crippen LogP contribution in [0, 0.1) is 0 Å². The molecule has 0 unspecified atom stereocenters. The highest BCUT2D eigenvalue weighted by atomic mass is 79.9. The Bertz CT molecular complexity index is 862. The van der Waals surface area contributed by atoms with Crippen LogP contribution in [0.25, 0.3) is 22.2 Å². The summed E-state index contributed by atoms with van der Waals surface area (Å²) in [5, 5.41) is 10.1. The van der Waals surface area contributed by atoms with Gasteiger partial charge in [0.05, 0.1) is 16.8 Å². The van der Waals surface area contributed by atoms with Crippen LogP contribution in [0.4, 0.5) is 0 Å². The number of hydrogen-bond donors (Lipinski definition) is 1. The molecule has 3 nitrogen and oxygen atoms in total. The van der Waals surface area contributed by atoms with Crippen molar-refractivity contribution in [1.82, 2.24) is 4.98 Å². The maximum Gasteiger partial charge on any atom is 0.336 e. The van der Waals surface area contributed by atoms with E-state index in [0.29, 0.717) is 16.6 Å². The number of rotatable bonds is 2. The van der Waals surface area contributed by atoms with Gasteiger partial charge in [0.15, 0.2) is 0 Å². The Morgan fingerprint density at radius 3 is 2.52 bits per heavy atom. The molecular formula is C16H9Br2NO2. The van der Waals surface area contributed by atoms with Gasteiger partial charge >= 0.3 is 5.97 Å². The number of hydrogen-bond acceptors (Lipinski definition) is 2. The van der Waals surface area contributed by atoms with Crippen molar-refractivity contribution in [2.75, 3.05) is 0 Å². The standard InChI is InChI=1S/C16H9Br2NO2/c17-10-4-1-3-9(7-10)14-8-11(16(20)21)15-12(18)5-2-6-13(15)19-14/h1-8H,(H,20,21). The average Bonchev–Trinajstić information content (AvgIpc) is 2.46. The Morgan fingerprint density at radius 1 is 1.05 bits per heavy atom. The van der Waals surface area contributed by atoms with Gasteiger partial charge in [0, 0.05) is 19.9 Å². The minimum atomic E-state index is -0.967. The van der Waals surface area contributed by atoms with Gasteiger partial charge in [0.25, 0.3) is 0 Å². The van der Waals surface area contributed by atoms with E-state index >= 15 is 0 Å². The van der Waals surface area contributed by atoms with Crippen LogP contribution >= 0.6 is 31.9 Å². The fourth-order valence-corrected chi connectivity index (χ4v) is 3.18. The summed E-state index contributed by atoms with van der Waals surface area (Å²) in [5.74, 6) is -0.967. The van der Waals surface area contributed by atoms with Gasteiger partial charge in [-0.15, -0.1) is 0 Å². The van der Waals surface area contributed by atoms with E-state index in [4.69, 9.17) is 0 Å². The second-order valence-corrected chi connectivity index (χ2v) is 6.27. The quantitative estimate of drug-likeness (QED) is 0.642. The first-order valence-electron chi connectivity index (χ1n) is 6.15. The first-order chi connectivity index (χ1) is 10.1. The van der Waals surface area contributed by atoms with Crippen molar-refractivity contribution in [3.05, 3.63) is 63.0 Å². The van der Waals surface area contributed by atoms with Crippen LogP contribution < -0.4 is 0 Å². The molecule has 1 heterocycles. The number of halogens is 2. The second kappa shape index (κ2) is 5.58. The van der Waals surface area contributed by atoms with Crippen molar-refractivity contribution >= 4 is 48.7 Å². The fourth-order valence-electron chi connectivity index (χ4n) is 2.21. The monoisotopic (exact) mass is 405 g/mol. The number of carboxylic acid groups (broad SMARTS) is 1. The Morgan fingerprint density at radius 2 is 1.81 bits per heavy atom. The zero-order valence-corrected chi connectivity index (χ0v) is 13.8. The van der Waals surface area contributed by atoms with Crippen LogP contribution in [-0.2, 0) is 0 Å². The lowest BCUT2D eigenvalue weighted by atomic mass is 10.0. The Balaban J connectivity index is 2.34. The van der Waals surface area contributed by atoms with Crippen molar-refractivity contribution in [2.24, 2.45) is 0 Å². The van der Waals surface area contributed by atoms with Gasteiger partial charge in [-0.05, 0) is 30.3 Å². The summed E-state index contributed by atoms with van der Waals surface area (Å²) < 4.78 is 1.65. The normalized spacial score (nSPS) is 10.8. The molecule has 0 aliphatic rings. The van der Waals surface area contributed by atoms with Gasteiger partial charge < -0.3 is 5.11 Å². The molecule has 21 heavy (non-hydrogen) atoms. The minimum absolute atomic E-state index is 0.238. The smallest absolute Gasteiger partial charge is 0.336 e. The number of aromatic carboxylic acids is 1. The minimum Gasteiger partial charge on any atom is -0.478 e. The van der Waals surface area contributed by atoms with Crippen LogP contribution in [-0.4, -0.2) is 16.1 Å². The molecule has 5 heteroatoms. The SMILES string of the molecule is O=C(O)c1cc(-c2cccc(Br)c2)nc2cccc(Br)c12. The lowest BCUT2D eigenvalue weighted by Crippen LogP contribution is -2.00. The zero-order chi connectivity index (χ0) is 15.0. The van der Waals surface area contributed by atoms with Crippen molar-refractivity contribution in [3.63, 3.8) is 0 Å². The highest BCUT2D eigenvalue weighted by Gasteiger charge is 2.15. The molecule has 0 saturated heterocycles. The predicted octanol–water partition coefficient (Wildman–Crippen LogP) is 5.13. The summed E-state index contributed by atoms with van der Waals surface area (Å²) in [4.78, 5) is 16.1. The lowest BCUT2D eigenvalue weighted by molar-refractivity contribution is 0.0699. The lowest BCUT2D eigenvalue weighted by Gasteiger charge is -2.09. The predicted molar refractivity (Wildman–Crippen MR) is 89.5 cm³/mol. The van der Waals surface area contributed by atoms with Gasteiger partial charge in [0.2, 0.25) is 0 Å². The molecule has 0 bridgehead atoms. The zero-order valence-electron chi connectivity index (χ0n) is 10.7. The molecule has 0 aliphatic carbocycles. The Kier molecular flexibility index (Phi) is 3.78. The maximum absolute atomic E-state index is 11.6. The van der Waals surface area contributed by atoms with Crippen molar-refractivity contribution < 1.29 is 9.90 Å². The van der Waals surface area contributed by atoms with E-state index in [1.54, 1.807) is 6.07 Å². The van der Waals surface area contributed by atoms with Crippen molar-refractivity contribution in [2.45, 2.75) is 0 Å². The number of benzene rings is 2. The molecule has 0 saturated carbocycles. The molecule has 1 aromatic heterocycles. The first-order valence-corrected chi connectivity index (χ1v) is 7.73. The van der Waals surface area contributed by atoms with E-state index < -0.39 is 5.97 Å². The van der Waals surface area contributed by atoms with Crippen molar-refractivity contribution in [1.29, 1.82) is 0 Å². The number of carbonyl (C=O) groups is 1. The molecule has 2 aromatic carbocycles. The van der Waals surface area contributed by atoms with Crippen LogP contribution in [0.3, 0.4) is 0 Å². The molecule has 0 atom stereocenters. The van der Waals surface area contributed by atoms with Gasteiger partial charge in [-0.2, -0.15) is 0 Å². The third-order valence-corrected chi connectivity index (χ3v) is 4.29. The number of carboxylic acids is 1. The van der Waals surface area contributed by atoms with E-state index in [0.717, 1.165) is 14.5 Å². The summed E-state index contributed by atoms with van der Waals surface area (Å²) in [7, 11) is 0. The van der Waals surface area contributed by atoms with Gasteiger partial charge in [-0.1, -0.05) is 50.1 Å². The molecule has 1 N–H and O–H groups in total. The van der Waals surface area contributed by atoms with Crippen LogP contribution in [0.5, 0.6) is 0 Å². The summed E-state index contributed by atoms with van der Waals surface area (Å²) in [6.07, 6.45) is 0. The number of pyridine rings is 1. The molecule has 0 fully saturated rings. The van der Waals surface area contributed by atoms with E-state index in [2.05, 4.69) is 36.8 Å². The number of nitrogens with zero attached hydrogens (tertiary/aromatic N) is 1. The Labute approximate surface area is 137 Å². The summed E-state index contributed by atoms with van der Waals surface area (Å²) in [6.45, 7) is 0. The van der Waals surface area contributed by atoms with Crippen LogP contribution in [0.15, 0.2) is 57.5 Å². The largest absolute Gasteiger partial charge is 0.478 e. The molecule has 0 amide bonds. The molecule has 3 aromatic rings. The molecule has 0 spiro atoms. The van der Waals surface area contributed by atoms with Crippen molar-refractivity contribution in [3.8, 4) is 11.3 Å². The summed E-state index contributed by atoms with van der Waals surface area (Å²) in [6, 6.07) is 14.7. The Hall–Kier alpha value is -1.72. The van der Waals surface area contributed by atoms with E-state index in [1.807, 2.05) is 42.5 Å². The van der Waals surface area contributed by atoms with E-state index in [-0.39, 0.29) is 5.56 Å². The highest BCUT2D eigenvalue weighted by molar-refractivity contribution is 9.11. The van der Waals surface area contributed by atoms with Gasteiger partial charge in [-0.25, -0.2) is 9.78 Å². The first kappa shape index (κ1) is 14.2. The third kappa shape index (κ3) is 2.71. The van der Waals surface area contributed by atoms with Gasteiger partial charge in [-0.3, -0.25) is 0 Å². The van der Waals surface area contributed by atoms with E-state index in [1.165, 1.54) is 0 Å². The highest BCUT2D eigenvalue weighted by Crippen LogP contribution is 2.30. The molecule has 0 aliphatic heterocycles. The molecular weight excluding hydrogens is 398 g/mol. The van der Waals surface area contributed by atoms with Gasteiger partial charge in [0.1, 0.15) is 0 Å². The third-order valence-electron chi connectivity index (χ3n) is 3.13. The topological polar surface area (TPSA) is 50.2 Å². The van der Waals surface area contributed by atoms with E-state index in [9.17, 15) is 9.90 Å². The molecule has 104 valence electrons. The maximum atomic E-state index is 11.6. The number of aromatic nitrogens is 1. The van der Waals surface area contributed by atoms with Crippen LogP contribution in [0.1, 0.15) is 10.4 Å². The summed E-state index contributed by atoms with van der Waals surface area (Å²) >= 11 is 6.81. The molecule has 3 rings (SSSR count). The average molecular weight is 407 g/mol. The summed E-state index contributed by atoms with van der Waals surface area (Å²) in [5.41, 5.74) is 2.40. The number of fused-ring (bicyclic) bond motifs is 1. The second-order valence-electron chi connectivity index (χ2n) is 4.50.